The number of nitrogens with one attached hydrogen (secondary N) is 2. The van der Waals surface area contributed by atoms with Gasteiger partial charge in [-0.3, -0.25) is 9.59 Å². The molecule has 2 N–H and O–H groups in total. The highest BCUT2D eigenvalue weighted by Gasteiger charge is 2.26. The number of benzene rings is 2. The van der Waals surface area contributed by atoms with Gasteiger partial charge in [0.05, 0.1) is 7.11 Å². The van der Waals surface area contributed by atoms with Crippen molar-refractivity contribution < 1.29 is 14.3 Å². The summed E-state index contributed by atoms with van der Waals surface area (Å²) >= 11 is 0. The highest BCUT2D eigenvalue weighted by Crippen LogP contribution is 2.25. The minimum atomic E-state index is -0.334. The standard InChI is InChI=1S/C28H27N5O3/c1-36-22-10-11-24-23(18-22)21(19-30-24)17-25(31-27(34)20-7-3-2-4-8-20)28(35)33-15-13-32(14-16-33)26-9-5-6-12-29-26/h2-12,17-19,30H,13-16H2,1H3,(H,31,34)/b25-17-. The Balaban J connectivity index is 1.42. The number of piperazine rings is 1. The van der Waals surface area contributed by atoms with Crippen LogP contribution in [0.1, 0.15) is 15.9 Å². The van der Waals surface area contributed by atoms with Gasteiger partial charge in [-0.2, -0.15) is 0 Å². The molecule has 5 rings (SSSR count). The number of methoxy groups -OCH3 is 1. The maximum Gasteiger partial charge on any atom is 0.270 e. The molecule has 3 heterocycles. The molecule has 2 aromatic heterocycles. The van der Waals surface area contributed by atoms with Crippen LogP contribution in [0.4, 0.5) is 5.82 Å². The van der Waals surface area contributed by atoms with Gasteiger partial charge in [0.1, 0.15) is 17.3 Å². The van der Waals surface area contributed by atoms with Gasteiger partial charge in [-0.25, -0.2) is 4.98 Å². The van der Waals surface area contributed by atoms with Crippen LogP contribution >= 0.6 is 0 Å². The number of pyridine rings is 1. The summed E-state index contributed by atoms with van der Waals surface area (Å²) in [5, 5.41) is 3.76. The minimum absolute atomic E-state index is 0.221. The van der Waals surface area contributed by atoms with Crippen molar-refractivity contribution in [2.45, 2.75) is 0 Å². The summed E-state index contributed by atoms with van der Waals surface area (Å²) in [6.07, 6.45) is 5.32. The Bertz CT molecular complexity index is 1390. The number of aromatic nitrogens is 2. The molecule has 1 saturated heterocycles. The van der Waals surface area contributed by atoms with E-state index in [1.54, 1.807) is 48.5 Å². The second-order valence-electron chi connectivity index (χ2n) is 8.50. The molecule has 182 valence electrons. The average molecular weight is 482 g/mol. The van der Waals surface area contributed by atoms with Crippen LogP contribution in [-0.4, -0.2) is 60.0 Å². The van der Waals surface area contributed by atoms with Gasteiger partial charge in [0.25, 0.3) is 11.8 Å². The largest absolute Gasteiger partial charge is 0.497 e. The van der Waals surface area contributed by atoms with E-state index >= 15 is 0 Å². The van der Waals surface area contributed by atoms with Crippen molar-refractivity contribution in [1.82, 2.24) is 20.2 Å². The highest BCUT2D eigenvalue weighted by molar-refractivity contribution is 6.06. The summed E-state index contributed by atoms with van der Waals surface area (Å²) in [5.74, 6) is 1.05. The van der Waals surface area contributed by atoms with Gasteiger partial charge < -0.3 is 24.8 Å². The smallest absolute Gasteiger partial charge is 0.270 e. The molecule has 0 unspecified atom stereocenters. The number of rotatable bonds is 6. The number of hydrogen-bond acceptors (Lipinski definition) is 5. The molecule has 4 aromatic rings. The van der Waals surface area contributed by atoms with E-state index in [2.05, 4.69) is 20.2 Å². The highest BCUT2D eigenvalue weighted by atomic mass is 16.5. The summed E-state index contributed by atoms with van der Waals surface area (Å²) in [4.78, 5) is 38.2. The van der Waals surface area contributed by atoms with Crippen molar-refractivity contribution in [3.05, 3.63) is 95.9 Å². The van der Waals surface area contributed by atoms with Crippen molar-refractivity contribution in [3.63, 3.8) is 0 Å². The first-order valence-corrected chi connectivity index (χ1v) is 11.8. The number of ether oxygens (including phenoxy) is 1. The van der Waals surface area contributed by atoms with Gasteiger partial charge in [0.2, 0.25) is 0 Å². The van der Waals surface area contributed by atoms with E-state index in [9.17, 15) is 9.59 Å². The number of nitrogens with zero attached hydrogens (tertiary/aromatic N) is 3. The molecule has 0 aliphatic carbocycles. The fourth-order valence-electron chi connectivity index (χ4n) is 4.31. The maximum absolute atomic E-state index is 13.7. The molecule has 1 aliphatic heterocycles. The number of aromatic amines is 1. The van der Waals surface area contributed by atoms with Crippen LogP contribution < -0.4 is 15.0 Å². The summed E-state index contributed by atoms with van der Waals surface area (Å²) < 4.78 is 5.37. The van der Waals surface area contributed by atoms with Gasteiger partial charge in [-0.05, 0) is 48.5 Å². The summed E-state index contributed by atoms with van der Waals surface area (Å²) in [5.41, 5.74) is 2.40. The molecule has 2 amide bonds. The lowest BCUT2D eigenvalue weighted by Gasteiger charge is -2.35. The van der Waals surface area contributed by atoms with E-state index in [1.807, 2.05) is 48.7 Å². The molecule has 0 saturated carbocycles. The van der Waals surface area contributed by atoms with Crippen molar-refractivity contribution in [2.24, 2.45) is 0 Å². The predicted molar refractivity (Wildman–Crippen MR) is 140 cm³/mol. The molecule has 2 aromatic carbocycles. The van der Waals surface area contributed by atoms with Crippen LogP contribution in [0, 0.1) is 0 Å². The number of hydrogen-bond donors (Lipinski definition) is 2. The third-order valence-electron chi connectivity index (χ3n) is 6.28. The number of fused-ring (bicyclic) bond motifs is 1. The monoisotopic (exact) mass is 481 g/mol. The zero-order valence-electron chi connectivity index (χ0n) is 20.0. The van der Waals surface area contributed by atoms with Crippen molar-refractivity contribution >= 4 is 34.6 Å². The molecular formula is C28H27N5O3. The first kappa shape index (κ1) is 23.2. The molecule has 0 atom stereocenters. The van der Waals surface area contributed by atoms with E-state index < -0.39 is 0 Å². The quantitative estimate of drug-likeness (QED) is 0.410. The number of anilines is 1. The zero-order valence-corrected chi connectivity index (χ0v) is 20.0. The van der Waals surface area contributed by atoms with E-state index in [-0.39, 0.29) is 17.5 Å². The lowest BCUT2D eigenvalue weighted by molar-refractivity contribution is -0.127. The molecule has 8 heteroatoms. The second-order valence-corrected chi connectivity index (χ2v) is 8.50. The van der Waals surface area contributed by atoms with Gasteiger partial charge in [0.15, 0.2) is 0 Å². The molecule has 0 bridgehead atoms. The van der Waals surface area contributed by atoms with Crippen LogP contribution in [0.25, 0.3) is 17.0 Å². The fourth-order valence-corrected chi connectivity index (χ4v) is 4.31. The first-order chi connectivity index (χ1) is 17.6. The van der Waals surface area contributed by atoms with E-state index in [4.69, 9.17) is 4.74 Å². The minimum Gasteiger partial charge on any atom is -0.497 e. The van der Waals surface area contributed by atoms with Crippen molar-refractivity contribution in [2.75, 3.05) is 38.2 Å². The maximum atomic E-state index is 13.7. The molecule has 8 nitrogen and oxygen atoms in total. The van der Waals surface area contributed by atoms with Crippen molar-refractivity contribution in [3.8, 4) is 5.75 Å². The lowest BCUT2D eigenvalue weighted by Crippen LogP contribution is -2.50. The Morgan fingerprint density at radius 2 is 1.78 bits per heavy atom. The van der Waals surface area contributed by atoms with Gasteiger partial charge in [-0.15, -0.1) is 0 Å². The third kappa shape index (κ3) is 4.93. The lowest BCUT2D eigenvalue weighted by atomic mass is 10.1. The van der Waals surface area contributed by atoms with Crippen LogP contribution in [0.2, 0.25) is 0 Å². The zero-order chi connectivity index (χ0) is 24.9. The molecule has 36 heavy (non-hydrogen) atoms. The molecule has 0 spiro atoms. The predicted octanol–water partition coefficient (Wildman–Crippen LogP) is 3.69. The Hall–Kier alpha value is -4.59. The molecular weight excluding hydrogens is 454 g/mol. The normalized spacial score (nSPS) is 14.1. The molecule has 0 radical (unpaired) electrons. The Morgan fingerprint density at radius 3 is 2.50 bits per heavy atom. The summed E-state index contributed by atoms with van der Waals surface area (Å²) in [6, 6.07) is 20.4. The van der Waals surface area contributed by atoms with E-state index in [0.717, 1.165) is 22.3 Å². The second kappa shape index (κ2) is 10.4. The summed E-state index contributed by atoms with van der Waals surface area (Å²) in [6.45, 7) is 2.37. The third-order valence-corrected chi connectivity index (χ3v) is 6.28. The van der Waals surface area contributed by atoms with Crippen LogP contribution in [0.5, 0.6) is 5.75 Å². The SMILES string of the molecule is COc1ccc2[nH]cc(/C=C(\NC(=O)c3ccccc3)C(=O)N3CCN(c4ccccn4)CC3)c2c1. The van der Waals surface area contributed by atoms with Gasteiger partial charge >= 0.3 is 0 Å². The number of H-pyrrole nitrogens is 1. The number of amides is 2. The number of carbonyl (C=O) groups excluding carboxylic acids is 2. The van der Waals surface area contributed by atoms with E-state index in [0.29, 0.717) is 37.5 Å². The first-order valence-electron chi connectivity index (χ1n) is 11.8. The molecule has 1 fully saturated rings. The average Bonchev–Trinajstić information content (AvgIpc) is 3.35. The Morgan fingerprint density at radius 1 is 1.00 bits per heavy atom. The Labute approximate surface area is 209 Å². The number of carbonyl (C=O) groups is 2. The van der Waals surface area contributed by atoms with Crippen LogP contribution in [0.3, 0.4) is 0 Å². The van der Waals surface area contributed by atoms with Crippen LogP contribution in [0.15, 0.2) is 84.8 Å². The Kier molecular flexibility index (Phi) is 6.66. The molecule has 1 aliphatic rings. The van der Waals surface area contributed by atoms with E-state index in [1.165, 1.54) is 0 Å². The van der Waals surface area contributed by atoms with Crippen molar-refractivity contribution in [1.29, 1.82) is 0 Å². The summed E-state index contributed by atoms with van der Waals surface area (Å²) in [7, 11) is 1.61. The van der Waals surface area contributed by atoms with Gasteiger partial charge in [-0.1, -0.05) is 24.3 Å². The van der Waals surface area contributed by atoms with Crippen LogP contribution in [-0.2, 0) is 4.79 Å². The van der Waals surface area contributed by atoms with Gasteiger partial charge in [0, 0.05) is 60.6 Å². The fraction of sp³-hybridized carbons (Fsp3) is 0.179. The topological polar surface area (TPSA) is 90.6 Å².